The number of benzene rings is 2. The topological polar surface area (TPSA) is 52.7 Å². The first-order valence-corrected chi connectivity index (χ1v) is 11.3. The molecule has 2 amide bonds. The highest BCUT2D eigenvalue weighted by Crippen LogP contribution is 2.34. The van der Waals surface area contributed by atoms with Gasteiger partial charge in [0.05, 0.1) is 24.3 Å². The van der Waals surface area contributed by atoms with Gasteiger partial charge < -0.3 is 10.2 Å². The van der Waals surface area contributed by atoms with Gasteiger partial charge in [0.15, 0.2) is 0 Å². The van der Waals surface area contributed by atoms with Gasteiger partial charge in [0, 0.05) is 12.6 Å². The number of carbonyl (C=O) groups excluding carboxylic acids is 2. The van der Waals surface area contributed by atoms with E-state index in [1.807, 2.05) is 0 Å². The second-order valence-corrected chi connectivity index (χ2v) is 8.70. The zero-order chi connectivity index (χ0) is 24.7. The van der Waals surface area contributed by atoms with Crippen LogP contribution in [0.15, 0.2) is 48.5 Å². The van der Waals surface area contributed by atoms with E-state index in [-0.39, 0.29) is 36.5 Å². The number of rotatable bonds is 8. The van der Waals surface area contributed by atoms with Gasteiger partial charge in [-0.3, -0.25) is 14.5 Å². The Balaban J connectivity index is 1.63. The number of nitrogens with zero attached hydrogens (tertiary/aromatic N) is 2. The van der Waals surface area contributed by atoms with E-state index in [1.165, 1.54) is 35.2 Å². The zero-order valence-corrected chi connectivity index (χ0v) is 19.1. The molecule has 2 aromatic carbocycles. The van der Waals surface area contributed by atoms with Crippen LogP contribution >= 0.6 is 0 Å². The van der Waals surface area contributed by atoms with Gasteiger partial charge in [-0.2, -0.15) is 13.2 Å². The lowest BCUT2D eigenvalue weighted by atomic mass is 9.93. The Kier molecular flexibility index (Phi) is 8.66. The maximum atomic E-state index is 13.3. The first-order chi connectivity index (χ1) is 16.1. The quantitative estimate of drug-likeness (QED) is 0.538. The molecule has 0 spiro atoms. The van der Waals surface area contributed by atoms with Crippen LogP contribution in [0, 0.1) is 5.82 Å². The molecular formula is C25H29F4N3O2. The molecule has 0 aliphatic heterocycles. The Bertz CT molecular complexity index is 973. The van der Waals surface area contributed by atoms with E-state index in [9.17, 15) is 27.2 Å². The van der Waals surface area contributed by atoms with Gasteiger partial charge in [-0.05, 0) is 49.7 Å². The number of para-hydroxylation sites is 1. The third-order valence-corrected chi connectivity index (χ3v) is 5.93. The van der Waals surface area contributed by atoms with Crippen LogP contribution in [0.3, 0.4) is 0 Å². The summed E-state index contributed by atoms with van der Waals surface area (Å²) in [4.78, 5) is 28.8. The molecule has 1 fully saturated rings. The van der Waals surface area contributed by atoms with Crippen molar-refractivity contribution in [1.29, 1.82) is 0 Å². The first kappa shape index (κ1) is 25.7. The number of amides is 2. The van der Waals surface area contributed by atoms with Crippen molar-refractivity contribution in [2.45, 2.75) is 50.9 Å². The lowest BCUT2D eigenvalue weighted by molar-refractivity contribution is -0.137. The Hall–Kier alpha value is -2.94. The largest absolute Gasteiger partial charge is 0.418 e. The van der Waals surface area contributed by atoms with Crippen LogP contribution in [-0.4, -0.2) is 47.8 Å². The molecule has 5 nitrogen and oxygen atoms in total. The van der Waals surface area contributed by atoms with Gasteiger partial charge in [0.2, 0.25) is 11.8 Å². The third kappa shape index (κ3) is 7.28. The molecule has 2 aromatic rings. The number of alkyl halides is 3. The summed E-state index contributed by atoms with van der Waals surface area (Å²) in [7, 11) is 1.57. The summed E-state index contributed by atoms with van der Waals surface area (Å²) in [5, 5.41) is 2.30. The minimum Gasteiger partial charge on any atom is -0.334 e. The fourth-order valence-electron chi connectivity index (χ4n) is 4.25. The van der Waals surface area contributed by atoms with Crippen LogP contribution in [0.25, 0.3) is 0 Å². The van der Waals surface area contributed by atoms with Crippen molar-refractivity contribution < 1.29 is 27.2 Å². The molecule has 34 heavy (non-hydrogen) atoms. The van der Waals surface area contributed by atoms with Crippen molar-refractivity contribution in [3.05, 3.63) is 65.5 Å². The minimum atomic E-state index is -4.59. The smallest absolute Gasteiger partial charge is 0.334 e. The second-order valence-electron chi connectivity index (χ2n) is 8.70. The lowest BCUT2D eigenvalue weighted by Crippen LogP contribution is -2.46. The Morgan fingerprint density at radius 2 is 1.62 bits per heavy atom. The third-order valence-electron chi connectivity index (χ3n) is 5.93. The SMILES string of the molecule is CN(CC(=O)Nc1ccccc1C(F)(F)F)CC(=O)N(Cc1ccc(F)cc1)C1CCCCC1. The summed E-state index contributed by atoms with van der Waals surface area (Å²) in [5.74, 6) is -1.17. The van der Waals surface area contributed by atoms with E-state index in [4.69, 9.17) is 0 Å². The van der Waals surface area contributed by atoms with Crippen LogP contribution in [-0.2, 0) is 22.3 Å². The van der Waals surface area contributed by atoms with Gasteiger partial charge in [0.1, 0.15) is 5.82 Å². The maximum absolute atomic E-state index is 13.3. The van der Waals surface area contributed by atoms with E-state index in [0.29, 0.717) is 6.54 Å². The van der Waals surface area contributed by atoms with Crippen molar-refractivity contribution in [1.82, 2.24) is 9.80 Å². The Labute approximate surface area is 196 Å². The van der Waals surface area contributed by atoms with Gasteiger partial charge in [0.25, 0.3) is 0 Å². The van der Waals surface area contributed by atoms with Crippen LogP contribution < -0.4 is 5.32 Å². The fraction of sp³-hybridized carbons (Fsp3) is 0.440. The van der Waals surface area contributed by atoms with E-state index in [0.717, 1.165) is 43.7 Å². The fourth-order valence-corrected chi connectivity index (χ4v) is 4.25. The number of nitrogens with one attached hydrogen (secondary N) is 1. The average Bonchev–Trinajstić information content (AvgIpc) is 2.78. The predicted molar refractivity (Wildman–Crippen MR) is 121 cm³/mol. The number of hydrogen-bond acceptors (Lipinski definition) is 3. The van der Waals surface area contributed by atoms with Crippen molar-refractivity contribution in [2.24, 2.45) is 0 Å². The van der Waals surface area contributed by atoms with Crippen LogP contribution in [0.4, 0.5) is 23.2 Å². The summed E-state index contributed by atoms with van der Waals surface area (Å²) in [6.45, 7) is 0.0296. The molecule has 184 valence electrons. The number of anilines is 1. The van der Waals surface area contributed by atoms with Gasteiger partial charge in [-0.1, -0.05) is 43.5 Å². The number of halogens is 4. The summed E-state index contributed by atoms with van der Waals surface area (Å²) >= 11 is 0. The first-order valence-electron chi connectivity index (χ1n) is 11.3. The number of carbonyl (C=O) groups is 2. The molecule has 0 saturated heterocycles. The Morgan fingerprint density at radius 1 is 0.971 bits per heavy atom. The standard InChI is InChI=1S/C25H29F4N3O2/c1-31(16-23(33)30-22-10-6-5-9-21(22)25(27,28)29)17-24(34)32(20-7-3-2-4-8-20)15-18-11-13-19(26)14-12-18/h5-6,9-14,20H,2-4,7-8,15-17H2,1H3,(H,30,33). The van der Waals surface area contributed by atoms with E-state index in [1.54, 1.807) is 24.1 Å². The summed E-state index contributed by atoms with van der Waals surface area (Å²) < 4.78 is 52.8. The minimum absolute atomic E-state index is 0.0622. The monoisotopic (exact) mass is 479 g/mol. The molecule has 3 rings (SSSR count). The van der Waals surface area contributed by atoms with Crippen LogP contribution in [0.5, 0.6) is 0 Å². The van der Waals surface area contributed by atoms with Crippen molar-refractivity contribution in [3.8, 4) is 0 Å². The molecule has 1 saturated carbocycles. The van der Waals surface area contributed by atoms with Crippen molar-refractivity contribution >= 4 is 17.5 Å². The van der Waals surface area contributed by atoms with Crippen molar-refractivity contribution in [3.63, 3.8) is 0 Å². The lowest BCUT2D eigenvalue weighted by Gasteiger charge is -2.35. The molecular weight excluding hydrogens is 450 g/mol. The molecule has 1 aliphatic rings. The Morgan fingerprint density at radius 3 is 2.26 bits per heavy atom. The van der Waals surface area contributed by atoms with Crippen LogP contribution in [0.1, 0.15) is 43.2 Å². The second kappa shape index (κ2) is 11.5. The van der Waals surface area contributed by atoms with Crippen molar-refractivity contribution in [2.75, 3.05) is 25.5 Å². The van der Waals surface area contributed by atoms with Gasteiger partial charge in [-0.25, -0.2) is 4.39 Å². The molecule has 1 N–H and O–H groups in total. The zero-order valence-electron chi connectivity index (χ0n) is 19.1. The van der Waals surface area contributed by atoms with E-state index in [2.05, 4.69) is 5.32 Å². The highest BCUT2D eigenvalue weighted by atomic mass is 19.4. The molecule has 0 bridgehead atoms. The molecule has 0 radical (unpaired) electrons. The maximum Gasteiger partial charge on any atom is 0.418 e. The van der Waals surface area contributed by atoms with E-state index < -0.39 is 17.6 Å². The van der Waals surface area contributed by atoms with E-state index >= 15 is 0 Å². The average molecular weight is 480 g/mol. The molecule has 9 heteroatoms. The molecule has 0 unspecified atom stereocenters. The molecule has 0 heterocycles. The number of hydrogen-bond donors (Lipinski definition) is 1. The highest BCUT2D eigenvalue weighted by molar-refractivity contribution is 5.93. The number of likely N-dealkylation sites (N-methyl/N-ethyl adjacent to an activating group) is 1. The molecule has 1 aliphatic carbocycles. The normalized spacial score (nSPS) is 14.8. The highest BCUT2D eigenvalue weighted by Gasteiger charge is 2.33. The summed E-state index contributed by atoms with van der Waals surface area (Å²) in [6, 6.07) is 10.8. The van der Waals surface area contributed by atoms with Gasteiger partial charge in [-0.15, -0.1) is 0 Å². The van der Waals surface area contributed by atoms with Gasteiger partial charge >= 0.3 is 6.18 Å². The molecule has 0 atom stereocenters. The summed E-state index contributed by atoms with van der Waals surface area (Å²) in [5.41, 5.74) is -0.436. The summed E-state index contributed by atoms with van der Waals surface area (Å²) in [6.07, 6.45) is 0.335. The van der Waals surface area contributed by atoms with Crippen LogP contribution in [0.2, 0.25) is 0 Å². The molecule has 0 aromatic heterocycles. The predicted octanol–water partition coefficient (Wildman–Crippen LogP) is 5.08.